The van der Waals surface area contributed by atoms with Gasteiger partial charge in [-0.1, -0.05) is 42.5 Å². The molecule has 0 aliphatic carbocycles. The Kier molecular flexibility index (Phi) is 5.04. The van der Waals surface area contributed by atoms with E-state index in [-0.39, 0.29) is 24.8 Å². The molecule has 0 unspecified atom stereocenters. The lowest BCUT2D eigenvalue weighted by atomic mass is 10.0. The van der Waals surface area contributed by atoms with Crippen LogP contribution in [-0.4, -0.2) is 23.3 Å². The van der Waals surface area contributed by atoms with Gasteiger partial charge in [-0.2, -0.15) is 0 Å². The molecular formula is C20H19N3O2. The number of pyridine rings is 1. The van der Waals surface area contributed by atoms with Gasteiger partial charge in [0.15, 0.2) is 0 Å². The molecule has 126 valence electrons. The van der Waals surface area contributed by atoms with Gasteiger partial charge in [0.25, 0.3) is 0 Å². The number of nitrogens with zero attached hydrogens (tertiary/aromatic N) is 1. The predicted molar refractivity (Wildman–Crippen MR) is 98.3 cm³/mol. The van der Waals surface area contributed by atoms with Crippen LogP contribution in [0.5, 0.6) is 0 Å². The molecule has 5 nitrogen and oxygen atoms in total. The number of hydrogen-bond donors (Lipinski definition) is 2. The van der Waals surface area contributed by atoms with E-state index in [0.29, 0.717) is 5.82 Å². The van der Waals surface area contributed by atoms with E-state index < -0.39 is 0 Å². The SMILES string of the molecule is Cc1ccnc(NC(=O)CNC(=O)Cc2cccc3ccccc23)c1. The molecule has 0 aliphatic heterocycles. The van der Waals surface area contributed by atoms with E-state index in [1.807, 2.05) is 55.5 Å². The quantitative estimate of drug-likeness (QED) is 0.754. The molecule has 2 N–H and O–H groups in total. The van der Waals surface area contributed by atoms with Gasteiger partial charge in [0.1, 0.15) is 5.82 Å². The van der Waals surface area contributed by atoms with Crippen molar-refractivity contribution in [2.45, 2.75) is 13.3 Å². The number of aryl methyl sites for hydroxylation is 1. The molecule has 0 bridgehead atoms. The molecule has 0 atom stereocenters. The maximum absolute atomic E-state index is 12.2. The van der Waals surface area contributed by atoms with Gasteiger partial charge < -0.3 is 10.6 Å². The number of carbonyl (C=O) groups excluding carboxylic acids is 2. The maximum Gasteiger partial charge on any atom is 0.244 e. The predicted octanol–water partition coefficient (Wildman–Crippen LogP) is 2.84. The third kappa shape index (κ3) is 4.41. The van der Waals surface area contributed by atoms with Crippen molar-refractivity contribution >= 4 is 28.4 Å². The van der Waals surface area contributed by atoms with E-state index in [2.05, 4.69) is 15.6 Å². The van der Waals surface area contributed by atoms with Crippen LogP contribution in [0.1, 0.15) is 11.1 Å². The average molecular weight is 333 g/mol. The van der Waals surface area contributed by atoms with Crippen molar-refractivity contribution in [2.24, 2.45) is 0 Å². The summed E-state index contributed by atoms with van der Waals surface area (Å²) >= 11 is 0. The molecule has 5 heteroatoms. The highest BCUT2D eigenvalue weighted by molar-refractivity contribution is 5.95. The number of rotatable bonds is 5. The van der Waals surface area contributed by atoms with Crippen LogP contribution in [0.25, 0.3) is 10.8 Å². The van der Waals surface area contributed by atoms with Crippen LogP contribution in [-0.2, 0) is 16.0 Å². The van der Waals surface area contributed by atoms with E-state index in [0.717, 1.165) is 21.9 Å². The Morgan fingerprint density at radius 3 is 2.64 bits per heavy atom. The summed E-state index contributed by atoms with van der Waals surface area (Å²) in [6, 6.07) is 17.4. The van der Waals surface area contributed by atoms with E-state index in [1.54, 1.807) is 12.3 Å². The van der Waals surface area contributed by atoms with Crippen LogP contribution in [0, 0.1) is 6.92 Å². The molecule has 2 amide bonds. The van der Waals surface area contributed by atoms with Crippen LogP contribution < -0.4 is 10.6 Å². The minimum atomic E-state index is -0.302. The largest absolute Gasteiger partial charge is 0.347 e. The Balaban J connectivity index is 1.56. The van der Waals surface area contributed by atoms with Crippen molar-refractivity contribution in [1.82, 2.24) is 10.3 Å². The van der Waals surface area contributed by atoms with Gasteiger partial charge in [-0.25, -0.2) is 4.98 Å². The Morgan fingerprint density at radius 2 is 1.80 bits per heavy atom. The molecular weight excluding hydrogens is 314 g/mol. The van der Waals surface area contributed by atoms with E-state index in [9.17, 15) is 9.59 Å². The van der Waals surface area contributed by atoms with Gasteiger partial charge in [0, 0.05) is 6.20 Å². The van der Waals surface area contributed by atoms with E-state index in [1.165, 1.54) is 0 Å². The number of aromatic nitrogens is 1. The Hall–Kier alpha value is -3.21. The molecule has 0 saturated carbocycles. The summed E-state index contributed by atoms with van der Waals surface area (Å²) in [6.45, 7) is 1.84. The first-order valence-electron chi connectivity index (χ1n) is 8.07. The fourth-order valence-corrected chi connectivity index (χ4v) is 2.65. The molecule has 3 rings (SSSR count). The molecule has 25 heavy (non-hydrogen) atoms. The summed E-state index contributed by atoms with van der Waals surface area (Å²) in [5.41, 5.74) is 1.95. The van der Waals surface area contributed by atoms with Gasteiger partial charge in [-0.05, 0) is 41.0 Å². The maximum atomic E-state index is 12.2. The lowest BCUT2D eigenvalue weighted by Crippen LogP contribution is -2.34. The fourth-order valence-electron chi connectivity index (χ4n) is 2.65. The number of nitrogens with one attached hydrogen (secondary N) is 2. The Labute approximate surface area is 146 Å². The third-order valence-electron chi connectivity index (χ3n) is 3.86. The second-order valence-electron chi connectivity index (χ2n) is 5.86. The minimum Gasteiger partial charge on any atom is -0.347 e. The summed E-state index contributed by atoms with van der Waals surface area (Å²) in [7, 11) is 0. The van der Waals surface area contributed by atoms with Crippen LogP contribution in [0.4, 0.5) is 5.82 Å². The van der Waals surface area contributed by atoms with Crippen molar-refractivity contribution in [2.75, 3.05) is 11.9 Å². The Bertz CT molecular complexity index is 916. The second kappa shape index (κ2) is 7.57. The first kappa shape index (κ1) is 16.6. The molecule has 1 heterocycles. The number of fused-ring (bicyclic) bond motifs is 1. The first-order valence-corrected chi connectivity index (χ1v) is 8.07. The molecule has 0 fully saturated rings. The highest BCUT2D eigenvalue weighted by atomic mass is 16.2. The van der Waals surface area contributed by atoms with E-state index in [4.69, 9.17) is 0 Å². The number of hydrogen-bond acceptors (Lipinski definition) is 3. The summed E-state index contributed by atoms with van der Waals surface area (Å²) < 4.78 is 0. The molecule has 2 aromatic carbocycles. The van der Waals surface area contributed by atoms with Crippen molar-refractivity contribution in [1.29, 1.82) is 0 Å². The monoisotopic (exact) mass is 333 g/mol. The minimum absolute atomic E-state index is 0.0841. The summed E-state index contributed by atoms with van der Waals surface area (Å²) in [4.78, 5) is 28.2. The zero-order chi connectivity index (χ0) is 17.6. The van der Waals surface area contributed by atoms with Crippen LogP contribution in [0.3, 0.4) is 0 Å². The fraction of sp³-hybridized carbons (Fsp3) is 0.150. The third-order valence-corrected chi connectivity index (χ3v) is 3.86. The lowest BCUT2D eigenvalue weighted by molar-refractivity contribution is -0.123. The van der Waals surface area contributed by atoms with Crippen molar-refractivity contribution in [3.8, 4) is 0 Å². The molecule has 1 aromatic heterocycles. The van der Waals surface area contributed by atoms with Crippen molar-refractivity contribution in [3.63, 3.8) is 0 Å². The number of anilines is 1. The van der Waals surface area contributed by atoms with Gasteiger partial charge in [-0.15, -0.1) is 0 Å². The van der Waals surface area contributed by atoms with Gasteiger partial charge in [0.2, 0.25) is 11.8 Å². The zero-order valence-electron chi connectivity index (χ0n) is 14.0. The molecule has 3 aromatic rings. The molecule has 0 radical (unpaired) electrons. The topological polar surface area (TPSA) is 71.1 Å². The smallest absolute Gasteiger partial charge is 0.244 e. The van der Waals surface area contributed by atoms with Crippen molar-refractivity contribution in [3.05, 3.63) is 71.9 Å². The zero-order valence-corrected chi connectivity index (χ0v) is 14.0. The standard InChI is InChI=1S/C20H19N3O2/c1-14-9-10-21-18(11-14)23-20(25)13-22-19(24)12-16-7-4-6-15-5-2-3-8-17(15)16/h2-11H,12-13H2,1H3,(H,22,24)(H,21,23,25). The summed E-state index contributed by atoms with van der Waals surface area (Å²) in [5, 5.41) is 7.46. The molecule has 0 saturated heterocycles. The number of amides is 2. The average Bonchev–Trinajstić information content (AvgIpc) is 2.60. The van der Waals surface area contributed by atoms with Crippen LogP contribution >= 0.6 is 0 Å². The highest BCUT2D eigenvalue weighted by Crippen LogP contribution is 2.18. The normalized spacial score (nSPS) is 10.4. The summed E-state index contributed by atoms with van der Waals surface area (Å²) in [5.74, 6) is -0.0126. The van der Waals surface area contributed by atoms with E-state index >= 15 is 0 Å². The lowest BCUT2D eigenvalue weighted by Gasteiger charge is -2.08. The van der Waals surface area contributed by atoms with Gasteiger partial charge >= 0.3 is 0 Å². The van der Waals surface area contributed by atoms with Gasteiger partial charge in [0.05, 0.1) is 13.0 Å². The highest BCUT2D eigenvalue weighted by Gasteiger charge is 2.09. The molecule has 0 aliphatic rings. The summed E-state index contributed by atoms with van der Waals surface area (Å²) in [6.07, 6.45) is 1.86. The second-order valence-corrected chi connectivity index (χ2v) is 5.86. The van der Waals surface area contributed by atoms with Crippen LogP contribution in [0.2, 0.25) is 0 Å². The van der Waals surface area contributed by atoms with Gasteiger partial charge in [-0.3, -0.25) is 9.59 Å². The number of carbonyl (C=O) groups is 2. The molecule has 0 spiro atoms. The Morgan fingerprint density at radius 1 is 1.00 bits per heavy atom. The number of benzene rings is 2. The first-order chi connectivity index (χ1) is 12.1. The van der Waals surface area contributed by atoms with Crippen LogP contribution in [0.15, 0.2) is 60.8 Å². The van der Waals surface area contributed by atoms with Crippen molar-refractivity contribution < 1.29 is 9.59 Å².